The summed E-state index contributed by atoms with van der Waals surface area (Å²) < 4.78 is 0. The van der Waals surface area contributed by atoms with Crippen molar-refractivity contribution in [2.24, 2.45) is 11.8 Å². The van der Waals surface area contributed by atoms with Crippen LogP contribution in [0, 0.1) is 11.8 Å². The lowest BCUT2D eigenvalue weighted by molar-refractivity contribution is 0.0465. The zero-order valence-corrected chi connectivity index (χ0v) is 7.70. The number of nitrogens with one attached hydrogen (secondary N) is 1. The molecule has 1 saturated carbocycles. The summed E-state index contributed by atoms with van der Waals surface area (Å²) in [5.74, 6) is 1.32. The number of carbonyl (C=O) groups is 1. The fourth-order valence-electron chi connectivity index (χ4n) is 2.47. The molecule has 1 aliphatic carbocycles. The fraction of sp³-hybridized carbons (Fsp3) is 0.889. The van der Waals surface area contributed by atoms with Crippen LogP contribution in [0.25, 0.3) is 0 Å². The highest BCUT2D eigenvalue weighted by Gasteiger charge is 2.32. The second-order valence-electron chi connectivity index (χ2n) is 4.06. The molecule has 0 radical (unpaired) electrons. The first-order valence-electron chi connectivity index (χ1n) is 5.01. The predicted molar refractivity (Wildman–Crippen MR) is 48.2 cm³/mol. The van der Waals surface area contributed by atoms with Gasteiger partial charge in [-0.25, -0.2) is 15.2 Å². The van der Waals surface area contributed by atoms with Crippen molar-refractivity contribution in [2.75, 3.05) is 13.1 Å². The normalized spacial score (nSPS) is 34.0. The van der Waals surface area contributed by atoms with Crippen LogP contribution in [0.5, 0.6) is 0 Å². The first-order valence-corrected chi connectivity index (χ1v) is 5.01. The van der Waals surface area contributed by atoms with Gasteiger partial charge < -0.3 is 5.11 Å². The van der Waals surface area contributed by atoms with Crippen molar-refractivity contribution >= 4 is 6.09 Å². The van der Waals surface area contributed by atoms with E-state index in [4.69, 9.17) is 5.11 Å². The maximum Gasteiger partial charge on any atom is 0.421 e. The van der Waals surface area contributed by atoms with Crippen molar-refractivity contribution in [1.82, 2.24) is 10.4 Å². The molecule has 0 aromatic heterocycles. The second kappa shape index (κ2) is 3.54. The molecule has 4 heteroatoms. The molecule has 2 aliphatic rings. The molecule has 0 aromatic rings. The molecule has 2 atom stereocenters. The highest BCUT2D eigenvalue weighted by atomic mass is 16.4. The smallest absolute Gasteiger partial charge is 0.421 e. The monoisotopic (exact) mass is 184 g/mol. The maximum atomic E-state index is 10.7. The number of hydrazine groups is 1. The van der Waals surface area contributed by atoms with Gasteiger partial charge >= 0.3 is 6.09 Å². The largest absolute Gasteiger partial charge is 0.464 e. The predicted octanol–water partition coefficient (Wildman–Crippen LogP) is 1.29. The molecule has 2 fully saturated rings. The molecule has 1 aliphatic heterocycles. The Morgan fingerprint density at radius 1 is 1.31 bits per heavy atom. The van der Waals surface area contributed by atoms with Gasteiger partial charge in [-0.1, -0.05) is 12.8 Å². The van der Waals surface area contributed by atoms with Gasteiger partial charge in [0.1, 0.15) is 0 Å². The lowest BCUT2D eigenvalue weighted by Gasteiger charge is -2.40. The van der Waals surface area contributed by atoms with Crippen molar-refractivity contribution in [1.29, 1.82) is 0 Å². The Kier molecular flexibility index (Phi) is 2.40. The minimum absolute atomic E-state index is 0.603. The molecule has 13 heavy (non-hydrogen) atoms. The van der Waals surface area contributed by atoms with Gasteiger partial charge in [0, 0.05) is 13.1 Å². The van der Waals surface area contributed by atoms with Gasteiger partial charge in [0.25, 0.3) is 0 Å². The fourth-order valence-corrected chi connectivity index (χ4v) is 2.47. The Morgan fingerprint density at radius 2 is 2.00 bits per heavy atom. The van der Waals surface area contributed by atoms with E-state index in [1.807, 2.05) is 0 Å². The minimum atomic E-state index is -0.843. The Bertz CT molecular complexity index is 208. The van der Waals surface area contributed by atoms with Crippen LogP contribution in [0.3, 0.4) is 0 Å². The first kappa shape index (κ1) is 8.81. The summed E-state index contributed by atoms with van der Waals surface area (Å²) in [5, 5.41) is 10.1. The van der Waals surface area contributed by atoms with Gasteiger partial charge in [-0.15, -0.1) is 0 Å². The van der Waals surface area contributed by atoms with Crippen LogP contribution >= 0.6 is 0 Å². The number of hydrogen-bond acceptors (Lipinski definition) is 2. The molecule has 2 N–H and O–H groups in total. The van der Waals surface area contributed by atoms with Crippen LogP contribution in [0.2, 0.25) is 0 Å². The number of hydrogen-bond donors (Lipinski definition) is 2. The summed E-state index contributed by atoms with van der Waals surface area (Å²) in [4.78, 5) is 10.7. The average molecular weight is 184 g/mol. The van der Waals surface area contributed by atoms with Crippen molar-refractivity contribution < 1.29 is 9.90 Å². The van der Waals surface area contributed by atoms with E-state index in [9.17, 15) is 4.79 Å². The van der Waals surface area contributed by atoms with E-state index in [1.165, 1.54) is 30.7 Å². The molecule has 1 saturated heterocycles. The van der Waals surface area contributed by atoms with E-state index in [2.05, 4.69) is 5.43 Å². The van der Waals surface area contributed by atoms with Crippen LogP contribution in [0.1, 0.15) is 25.7 Å². The molecule has 0 spiro atoms. The van der Waals surface area contributed by atoms with Gasteiger partial charge in [0.2, 0.25) is 0 Å². The highest BCUT2D eigenvalue weighted by Crippen LogP contribution is 2.32. The quantitative estimate of drug-likeness (QED) is 0.596. The van der Waals surface area contributed by atoms with Crippen molar-refractivity contribution in [3.05, 3.63) is 0 Å². The lowest BCUT2D eigenvalue weighted by atomic mass is 9.78. The summed E-state index contributed by atoms with van der Waals surface area (Å²) >= 11 is 0. The number of carboxylic acid groups (broad SMARTS) is 1. The van der Waals surface area contributed by atoms with Crippen LogP contribution in [0.4, 0.5) is 4.79 Å². The third kappa shape index (κ3) is 1.77. The van der Waals surface area contributed by atoms with Crippen LogP contribution in [0.15, 0.2) is 0 Å². The summed E-state index contributed by atoms with van der Waals surface area (Å²) in [6, 6.07) is 0. The van der Waals surface area contributed by atoms with E-state index in [0.29, 0.717) is 18.4 Å². The van der Waals surface area contributed by atoms with Crippen LogP contribution in [-0.2, 0) is 0 Å². The van der Waals surface area contributed by atoms with E-state index in [-0.39, 0.29) is 0 Å². The van der Waals surface area contributed by atoms with Crippen LogP contribution < -0.4 is 5.43 Å². The topological polar surface area (TPSA) is 52.6 Å². The molecular formula is C9H16N2O2. The van der Waals surface area contributed by atoms with E-state index >= 15 is 0 Å². The molecule has 74 valence electrons. The first-order chi connectivity index (χ1) is 6.27. The highest BCUT2D eigenvalue weighted by molar-refractivity contribution is 5.64. The Labute approximate surface area is 77.9 Å². The Balaban J connectivity index is 1.95. The molecule has 2 rings (SSSR count). The number of fused-ring (bicyclic) bond motifs is 1. The Morgan fingerprint density at radius 3 is 2.69 bits per heavy atom. The van der Waals surface area contributed by atoms with Crippen molar-refractivity contribution in [2.45, 2.75) is 25.7 Å². The number of rotatable bonds is 0. The average Bonchev–Trinajstić information content (AvgIpc) is 2.17. The molecule has 0 bridgehead atoms. The third-order valence-corrected chi connectivity index (χ3v) is 3.26. The lowest BCUT2D eigenvalue weighted by Crippen LogP contribution is -2.54. The van der Waals surface area contributed by atoms with E-state index in [1.54, 1.807) is 0 Å². The van der Waals surface area contributed by atoms with Crippen molar-refractivity contribution in [3.8, 4) is 0 Å². The SMILES string of the molecule is O=C(O)N1C[C@H]2CCCC[C@H]2CN1. The number of nitrogens with zero attached hydrogens (tertiary/aromatic N) is 1. The summed E-state index contributed by atoms with van der Waals surface area (Å²) in [7, 11) is 0. The molecular weight excluding hydrogens is 168 g/mol. The minimum Gasteiger partial charge on any atom is -0.464 e. The van der Waals surface area contributed by atoms with Gasteiger partial charge in [-0.3, -0.25) is 0 Å². The van der Waals surface area contributed by atoms with Crippen LogP contribution in [-0.4, -0.2) is 29.3 Å². The summed E-state index contributed by atoms with van der Waals surface area (Å²) in [6.07, 6.45) is 4.22. The molecule has 0 unspecified atom stereocenters. The summed E-state index contributed by atoms with van der Waals surface area (Å²) in [5.41, 5.74) is 2.95. The van der Waals surface area contributed by atoms with Gasteiger partial charge in [0.05, 0.1) is 0 Å². The molecule has 0 aromatic carbocycles. The van der Waals surface area contributed by atoms with Gasteiger partial charge in [-0.2, -0.15) is 0 Å². The molecule has 1 heterocycles. The Hall–Kier alpha value is -0.770. The van der Waals surface area contributed by atoms with Gasteiger partial charge in [-0.05, 0) is 24.7 Å². The van der Waals surface area contributed by atoms with E-state index in [0.717, 1.165) is 6.54 Å². The third-order valence-electron chi connectivity index (χ3n) is 3.26. The van der Waals surface area contributed by atoms with Crippen molar-refractivity contribution in [3.63, 3.8) is 0 Å². The second-order valence-corrected chi connectivity index (χ2v) is 4.06. The zero-order valence-electron chi connectivity index (χ0n) is 7.70. The molecule has 4 nitrogen and oxygen atoms in total. The zero-order chi connectivity index (χ0) is 9.26. The maximum absolute atomic E-state index is 10.7. The summed E-state index contributed by atoms with van der Waals surface area (Å²) in [6.45, 7) is 1.52. The molecule has 1 amide bonds. The van der Waals surface area contributed by atoms with Gasteiger partial charge in [0.15, 0.2) is 0 Å². The number of amides is 1. The standard InChI is InChI=1S/C9H16N2O2/c12-9(13)11-6-8-4-2-1-3-7(8)5-10-11/h7-8,10H,1-6H2,(H,12,13)/t7-,8+/m0/s1. The van der Waals surface area contributed by atoms with E-state index < -0.39 is 6.09 Å².